The van der Waals surface area contributed by atoms with Gasteiger partial charge < -0.3 is 10.2 Å². The van der Waals surface area contributed by atoms with E-state index in [-0.39, 0.29) is 0 Å². The minimum atomic E-state index is 0.953. The summed E-state index contributed by atoms with van der Waals surface area (Å²) in [6.45, 7) is 12.6. The molecule has 0 radical (unpaired) electrons. The van der Waals surface area contributed by atoms with Gasteiger partial charge in [-0.1, -0.05) is 33.3 Å². The number of nitrogens with zero attached hydrogens (tertiary/aromatic N) is 1. The summed E-state index contributed by atoms with van der Waals surface area (Å²) < 4.78 is 0. The summed E-state index contributed by atoms with van der Waals surface area (Å²) >= 11 is 0. The Kier molecular flexibility index (Phi) is 9.00. The van der Waals surface area contributed by atoms with Gasteiger partial charge in [-0.15, -0.1) is 0 Å². The van der Waals surface area contributed by atoms with Crippen LogP contribution in [-0.2, 0) is 0 Å². The zero-order valence-corrected chi connectivity index (χ0v) is 10.1. The number of hydrogen-bond donors (Lipinski definition) is 1. The molecule has 0 amide bonds. The third kappa shape index (κ3) is 8.27. The van der Waals surface area contributed by atoms with Crippen molar-refractivity contribution in [3.63, 3.8) is 0 Å². The van der Waals surface area contributed by atoms with Gasteiger partial charge in [-0.3, -0.25) is 0 Å². The predicted octanol–water partition coefficient (Wildman–Crippen LogP) is 2.27. The average molecular weight is 198 g/mol. The van der Waals surface area contributed by atoms with E-state index in [1.807, 2.05) is 0 Å². The summed E-state index contributed by atoms with van der Waals surface area (Å²) in [5.74, 6) is 0. The summed E-state index contributed by atoms with van der Waals surface area (Å²) in [5, 5.41) is 3.29. The van der Waals surface area contributed by atoms with E-state index in [2.05, 4.69) is 37.7 Å². The summed E-state index contributed by atoms with van der Waals surface area (Å²) in [6, 6.07) is 0. The Hall–Kier alpha value is -0.340. The highest BCUT2D eigenvalue weighted by atomic mass is 15.1. The molecule has 0 bridgehead atoms. The monoisotopic (exact) mass is 198 g/mol. The molecule has 0 aromatic carbocycles. The van der Waals surface area contributed by atoms with Crippen LogP contribution >= 0.6 is 0 Å². The first-order chi connectivity index (χ1) is 6.70. The van der Waals surface area contributed by atoms with Crippen LogP contribution in [0.25, 0.3) is 0 Å². The highest BCUT2D eigenvalue weighted by Gasteiger charge is 2.00. The van der Waals surface area contributed by atoms with E-state index in [1.165, 1.54) is 31.4 Å². The van der Waals surface area contributed by atoms with Crippen LogP contribution in [-0.4, -0.2) is 38.1 Å². The summed E-state index contributed by atoms with van der Waals surface area (Å²) in [4.78, 5) is 2.36. The molecular formula is C12H26N2. The predicted molar refractivity (Wildman–Crippen MR) is 64.7 cm³/mol. The Bertz CT molecular complexity index is 143. The fraction of sp³-hybridized carbons (Fsp3) is 0.833. The quantitative estimate of drug-likeness (QED) is 0.452. The number of nitrogens with one attached hydrogen (secondary N) is 1. The maximum atomic E-state index is 4.06. The van der Waals surface area contributed by atoms with Crippen LogP contribution < -0.4 is 5.32 Å². The van der Waals surface area contributed by atoms with Gasteiger partial charge in [-0.05, 0) is 32.1 Å². The van der Waals surface area contributed by atoms with Crippen molar-refractivity contribution >= 4 is 0 Å². The Labute approximate surface area is 89.4 Å². The van der Waals surface area contributed by atoms with Crippen molar-refractivity contribution in [2.45, 2.75) is 33.1 Å². The van der Waals surface area contributed by atoms with Gasteiger partial charge in [0.1, 0.15) is 0 Å². The lowest BCUT2D eigenvalue weighted by Gasteiger charge is -2.17. The van der Waals surface area contributed by atoms with E-state index in [0.29, 0.717) is 0 Å². The minimum absolute atomic E-state index is 0.953. The zero-order chi connectivity index (χ0) is 10.8. The smallest absolute Gasteiger partial charge is 0.0199 e. The first-order valence-corrected chi connectivity index (χ1v) is 5.76. The molecule has 0 saturated heterocycles. The largest absolute Gasteiger partial charge is 0.313 e. The maximum Gasteiger partial charge on any atom is 0.0199 e. The van der Waals surface area contributed by atoms with Crippen LogP contribution in [0.3, 0.4) is 0 Å². The van der Waals surface area contributed by atoms with Crippen LogP contribution in [0.5, 0.6) is 0 Å². The van der Waals surface area contributed by atoms with Gasteiger partial charge in [0.05, 0.1) is 0 Å². The average Bonchev–Trinajstić information content (AvgIpc) is 2.15. The first kappa shape index (κ1) is 13.7. The molecule has 0 aliphatic rings. The number of likely N-dealkylation sites (N-methyl/N-ethyl adjacent to an activating group) is 2. The third-order valence-corrected chi connectivity index (χ3v) is 2.26. The fourth-order valence-corrected chi connectivity index (χ4v) is 1.45. The molecule has 0 spiro atoms. The second-order valence-electron chi connectivity index (χ2n) is 3.98. The lowest BCUT2D eigenvalue weighted by atomic mass is 10.2. The van der Waals surface area contributed by atoms with E-state index in [1.54, 1.807) is 0 Å². The Morgan fingerprint density at radius 3 is 2.57 bits per heavy atom. The topological polar surface area (TPSA) is 15.3 Å². The van der Waals surface area contributed by atoms with E-state index in [9.17, 15) is 0 Å². The standard InChI is InChI=1S/C12H26N2/c1-5-7-8-9-14(4)11-12(3)10-13-6-2/h13H,3,5-11H2,1-2,4H3. The maximum absolute atomic E-state index is 4.06. The molecule has 0 aliphatic heterocycles. The SMILES string of the molecule is C=C(CNCC)CN(C)CCCCC. The molecule has 0 aliphatic carbocycles. The molecule has 0 aromatic heterocycles. The second kappa shape index (κ2) is 9.22. The Morgan fingerprint density at radius 2 is 2.00 bits per heavy atom. The molecule has 0 saturated carbocycles. The van der Waals surface area contributed by atoms with Gasteiger partial charge in [-0.25, -0.2) is 0 Å². The molecule has 1 N–H and O–H groups in total. The molecule has 0 atom stereocenters. The van der Waals surface area contributed by atoms with Crippen molar-refractivity contribution < 1.29 is 0 Å². The highest BCUT2D eigenvalue weighted by Crippen LogP contribution is 1.98. The van der Waals surface area contributed by atoms with E-state index < -0.39 is 0 Å². The van der Waals surface area contributed by atoms with E-state index >= 15 is 0 Å². The second-order valence-corrected chi connectivity index (χ2v) is 3.98. The summed E-state index contributed by atoms with van der Waals surface area (Å²) in [6.07, 6.45) is 3.94. The lowest BCUT2D eigenvalue weighted by molar-refractivity contribution is 0.349. The first-order valence-electron chi connectivity index (χ1n) is 5.76. The van der Waals surface area contributed by atoms with Crippen molar-refractivity contribution in [2.24, 2.45) is 0 Å². The van der Waals surface area contributed by atoms with Crippen molar-refractivity contribution in [2.75, 3.05) is 33.2 Å². The van der Waals surface area contributed by atoms with Gasteiger partial charge in [0.15, 0.2) is 0 Å². The van der Waals surface area contributed by atoms with Crippen LogP contribution in [0.4, 0.5) is 0 Å². The lowest BCUT2D eigenvalue weighted by Crippen LogP contribution is -2.26. The van der Waals surface area contributed by atoms with Gasteiger partial charge in [0.25, 0.3) is 0 Å². The molecule has 0 aromatic rings. The van der Waals surface area contributed by atoms with Crippen molar-refractivity contribution in [1.29, 1.82) is 0 Å². The van der Waals surface area contributed by atoms with Gasteiger partial charge in [0.2, 0.25) is 0 Å². The molecule has 14 heavy (non-hydrogen) atoms. The van der Waals surface area contributed by atoms with Gasteiger partial charge in [-0.2, -0.15) is 0 Å². The highest BCUT2D eigenvalue weighted by molar-refractivity contribution is 4.99. The van der Waals surface area contributed by atoms with Crippen molar-refractivity contribution in [1.82, 2.24) is 10.2 Å². The number of hydrogen-bond acceptors (Lipinski definition) is 2. The van der Waals surface area contributed by atoms with Crippen molar-refractivity contribution in [3.05, 3.63) is 12.2 Å². The molecule has 0 unspecified atom stereocenters. The van der Waals surface area contributed by atoms with Gasteiger partial charge >= 0.3 is 0 Å². The van der Waals surface area contributed by atoms with Crippen LogP contribution in [0.15, 0.2) is 12.2 Å². The molecule has 2 nitrogen and oxygen atoms in total. The molecule has 2 heteroatoms. The normalized spacial score (nSPS) is 10.9. The van der Waals surface area contributed by atoms with Crippen LogP contribution in [0, 0.1) is 0 Å². The van der Waals surface area contributed by atoms with Crippen LogP contribution in [0.2, 0.25) is 0 Å². The van der Waals surface area contributed by atoms with E-state index in [4.69, 9.17) is 0 Å². The fourth-order valence-electron chi connectivity index (χ4n) is 1.45. The Balaban J connectivity index is 3.40. The van der Waals surface area contributed by atoms with Gasteiger partial charge in [0, 0.05) is 13.1 Å². The summed E-state index contributed by atoms with van der Waals surface area (Å²) in [5.41, 5.74) is 1.28. The molecule has 84 valence electrons. The van der Waals surface area contributed by atoms with E-state index in [0.717, 1.165) is 19.6 Å². The van der Waals surface area contributed by atoms with Crippen LogP contribution in [0.1, 0.15) is 33.1 Å². The van der Waals surface area contributed by atoms with Crippen molar-refractivity contribution in [3.8, 4) is 0 Å². The molecular weight excluding hydrogens is 172 g/mol. The third-order valence-electron chi connectivity index (χ3n) is 2.26. The summed E-state index contributed by atoms with van der Waals surface area (Å²) in [7, 11) is 2.17. The minimum Gasteiger partial charge on any atom is -0.313 e. The molecule has 0 rings (SSSR count). The molecule has 0 heterocycles. The molecule has 0 fully saturated rings. The zero-order valence-electron chi connectivity index (χ0n) is 10.1. The number of rotatable bonds is 9. The number of unbranched alkanes of at least 4 members (excludes halogenated alkanes) is 2. The Morgan fingerprint density at radius 1 is 1.29 bits per heavy atom.